The van der Waals surface area contributed by atoms with Gasteiger partial charge in [0.1, 0.15) is 21.6 Å². The number of hydrogen-bond donors (Lipinski definition) is 0. The first-order valence-corrected chi connectivity index (χ1v) is 9.55. The minimum atomic E-state index is -0.489. The lowest BCUT2D eigenvalue weighted by Crippen LogP contribution is -2.44. The molecule has 1 aliphatic rings. The molecule has 0 bridgehead atoms. The van der Waals surface area contributed by atoms with E-state index in [1.807, 2.05) is 20.8 Å². The number of carbonyl (C=O) groups excluding carboxylic acids is 1. The average Bonchev–Trinajstić information content (AvgIpc) is 3.18. The second-order valence-electron chi connectivity index (χ2n) is 7.03. The van der Waals surface area contributed by atoms with Gasteiger partial charge < -0.3 is 9.15 Å². The maximum atomic E-state index is 12.7. The van der Waals surface area contributed by atoms with Crippen LogP contribution < -0.4 is 4.74 Å². The molecule has 0 atom stereocenters. The van der Waals surface area contributed by atoms with Crippen molar-refractivity contribution in [3.8, 4) is 17.1 Å². The van der Waals surface area contributed by atoms with Crippen molar-refractivity contribution >= 4 is 46.0 Å². The Morgan fingerprint density at radius 1 is 1.29 bits per heavy atom. The van der Waals surface area contributed by atoms with E-state index in [1.54, 1.807) is 29.2 Å². The summed E-state index contributed by atoms with van der Waals surface area (Å²) in [5.74, 6) is 1.12. The van der Waals surface area contributed by atoms with Gasteiger partial charge in [-0.25, -0.2) is 0 Å². The largest absolute Gasteiger partial charge is 0.496 e. The minimum Gasteiger partial charge on any atom is -0.496 e. The van der Waals surface area contributed by atoms with Crippen molar-refractivity contribution in [3.63, 3.8) is 0 Å². The van der Waals surface area contributed by atoms with Gasteiger partial charge in [0.2, 0.25) is 0 Å². The first-order valence-electron chi connectivity index (χ1n) is 8.32. The highest BCUT2D eigenvalue weighted by molar-refractivity contribution is 8.26. The number of methoxy groups -OCH3 is 1. The normalized spacial score (nSPS) is 16.1. The smallest absolute Gasteiger partial charge is 0.273 e. The fourth-order valence-corrected chi connectivity index (χ4v) is 4.36. The third-order valence-electron chi connectivity index (χ3n) is 4.03. The van der Waals surface area contributed by atoms with Crippen LogP contribution in [0.25, 0.3) is 17.4 Å². The SMILES string of the molecule is COc1cc([N+](=O)[O-])ccc1-c1ccc(/C=C2/SC(=S)N(C(C)(C)C)C2=O)o1. The van der Waals surface area contributed by atoms with E-state index in [0.29, 0.717) is 32.1 Å². The lowest BCUT2D eigenvalue weighted by atomic mass is 10.1. The quantitative estimate of drug-likeness (QED) is 0.303. The summed E-state index contributed by atoms with van der Waals surface area (Å²) < 4.78 is 11.6. The van der Waals surface area contributed by atoms with Crippen LogP contribution in [0.1, 0.15) is 26.5 Å². The number of amides is 1. The van der Waals surface area contributed by atoms with Crippen molar-refractivity contribution in [1.82, 2.24) is 4.90 Å². The van der Waals surface area contributed by atoms with Crippen LogP contribution in [0, 0.1) is 10.1 Å². The molecule has 28 heavy (non-hydrogen) atoms. The number of thiocarbonyl (C=S) groups is 1. The molecule has 0 N–H and O–H groups in total. The van der Waals surface area contributed by atoms with Crippen LogP contribution in [0.4, 0.5) is 5.69 Å². The molecule has 0 aliphatic carbocycles. The van der Waals surface area contributed by atoms with Gasteiger partial charge in [-0.15, -0.1) is 0 Å². The van der Waals surface area contributed by atoms with Crippen molar-refractivity contribution in [2.24, 2.45) is 0 Å². The Morgan fingerprint density at radius 3 is 2.57 bits per heavy atom. The Balaban J connectivity index is 1.92. The highest BCUT2D eigenvalue weighted by Crippen LogP contribution is 2.38. The standard InChI is InChI=1S/C19H18N2O5S2/c1-19(2,3)20-17(22)16(28-18(20)27)10-12-6-8-14(26-12)13-7-5-11(21(23)24)9-15(13)25-4/h5-10H,1-4H3/b16-10+. The Bertz CT molecular complexity index is 1000. The Morgan fingerprint density at radius 2 is 2.00 bits per heavy atom. The fraction of sp³-hybridized carbons (Fsp3) is 0.263. The van der Waals surface area contributed by atoms with Crippen molar-refractivity contribution in [3.05, 3.63) is 51.1 Å². The van der Waals surface area contributed by atoms with Gasteiger partial charge in [-0.2, -0.15) is 0 Å². The summed E-state index contributed by atoms with van der Waals surface area (Å²) >= 11 is 6.56. The molecule has 1 aromatic heterocycles. The summed E-state index contributed by atoms with van der Waals surface area (Å²) in [6.07, 6.45) is 1.65. The molecule has 1 aromatic carbocycles. The van der Waals surface area contributed by atoms with Crippen LogP contribution in [-0.2, 0) is 4.79 Å². The van der Waals surface area contributed by atoms with Crippen molar-refractivity contribution in [2.75, 3.05) is 7.11 Å². The van der Waals surface area contributed by atoms with Crippen LogP contribution in [0.15, 0.2) is 39.7 Å². The summed E-state index contributed by atoms with van der Waals surface area (Å²) in [4.78, 5) is 25.2. The zero-order chi connectivity index (χ0) is 20.6. The molecule has 0 spiro atoms. The monoisotopic (exact) mass is 418 g/mol. The van der Waals surface area contributed by atoms with Crippen molar-refractivity contribution < 1.29 is 18.9 Å². The number of rotatable bonds is 4. The molecular weight excluding hydrogens is 400 g/mol. The van der Waals surface area contributed by atoms with Crippen LogP contribution in [0.2, 0.25) is 0 Å². The highest BCUT2D eigenvalue weighted by atomic mass is 32.2. The molecular formula is C19H18N2O5S2. The Hall–Kier alpha value is -2.65. The van der Waals surface area contributed by atoms with E-state index in [4.69, 9.17) is 21.4 Å². The van der Waals surface area contributed by atoms with Crippen molar-refractivity contribution in [1.29, 1.82) is 0 Å². The molecule has 3 rings (SSSR count). The van der Waals surface area contributed by atoms with Gasteiger partial charge in [0.25, 0.3) is 11.6 Å². The number of nitro benzene ring substituents is 1. The summed E-state index contributed by atoms with van der Waals surface area (Å²) in [7, 11) is 1.43. The molecule has 2 aromatic rings. The molecule has 0 unspecified atom stereocenters. The second-order valence-corrected chi connectivity index (χ2v) is 8.71. The van der Waals surface area contributed by atoms with Crippen molar-refractivity contribution in [2.45, 2.75) is 26.3 Å². The van der Waals surface area contributed by atoms with E-state index in [1.165, 1.54) is 31.0 Å². The Kier molecular flexibility index (Phi) is 5.31. The molecule has 7 nitrogen and oxygen atoms in total. The van der Waals surface area contributed by atoms with Crippen LogP contribution in [0.3, 0.4) is 0 Å². The first kappa shape index (κ1) is 20.1. The molecule has 9 heteroatoms. The van der Waals surface area contributed by atoms with E-state index in [-0.39, 0.29) is 11.6 Å². The summed E-state index contributed by atoms with van der Waals surface area (Å²) in [6, 6.07) is 7.74. The van der Waals surface area contributed by atoms with Gasteiger partial charge in [-0.1, -0.05) is 24.0 Å². The third kappa shape index (κ3) is 3.81. The van der Waals surface area contributed by atoms with Gasteiger partial charge in [0, 0.05) is 17.7 Å². The van der Waals surface area contributed by atoms with Gasteiger partial charge in [-0.3, -0.25) is 19.8 Å². The first-order chi connectivity index (χ1) is 13.1. The zero-order valence-corrected chi connectivity index (χ0v) is 17.3. The number of hydrogen-bond acceptors (Lipinski definition) is 7. The molecule has 0 radical (unpaired) electrons. The molecule has 1 aliphatic heterocycles. The number of nitro groups is 1. The second kappa shape index (κ2) is 7.40. The van der Waals surface area contributed by atoms with Gasteiger partial charge >= 0.3 is 0 Å². The van der Waals surface area contributed by atoms with E-state index >= 15 is 0 Å². The number of thioether (sulfide) groups is 1. The predicted molar refractivity (Wildman–Crippen MR) is 112 cm³/mol. The molecule has 2 heterocycles. The van der Waals surface area contributed by atoms with Crippen LogP contribution in [0.5, 0.6) is 5.75 Å². The number of furan rings is 1. The third-order valence-corrected chi connectivity index (χ3v) is 5.33. The van der Waals surface area contributed by atoms with E-state index in [0.717, 1.165) is 0 Å². The predicted octanol–water partition coefficient (Wildman–Crippen LogP) is 4.86. The zero-order valence-electron chi connectivity index (χ0n) is 15.7. The molecule has 1 saturated heterocycles. The molecule has 1 fully saturated rings. The number of non-ortho nitro benzene ring substituents is 1. The van der Waals surface area contributed by atoms with E-state index in [9.17, 15) is 14.9 Å². The summed E-state index contributed by atoms with van der Waals surface area (Å²) in [5, 5.41) is 10.9. The highest BCUT2D eigenvalue weighted by Gasteiger charge is 2.39. The number of carbonyl (C=O) groups is 1. The number of nitrogens with zero attached hydrogens (tertiary/aromatic N) is 2. The number of ether oxygens (including phenoxy) is 1. The lowest BCUT2D eigenvalue weighted by molar-refractivity contribution is -0.384. The van der Waals surface area contributed by atoms with Crippen LogP contribution >= 0.6 is 24.0 Å². The summed E-state index contributed by atoms with van der Waals surface area (Å²) in [5.41, 5.74) is 0.102. The van der Waals surface area contributed by atoms with E-state index in [2.05, 4.69) is 0 Å². The average molecular weight is 418 g/mol. The van der Waals surface area contributed by atoms with Crippen LogP contribution in [-0.4, -0.2) is 32.7 Å². The Labute approximate surface area is 171 Å². The maximum Gasteiger partial charge on any atom is 0.273 e. The van der Waals surface area contributed by atoms with Gasteiger partial charge in [-0.05, 0) is 39.0 Å². The maximum absolute atomic E-state index is 12.7. The van der Waals surface area contributed by atoms with Gasteiger partial charge in [0.05, 0.1) is 28.6 Å². The molecule has 1 amide bonds. The van der Waals surface area contributed by atoms with E-state index < -0.39 is 10.5 Å². The molecule has 146 valence electrons. The minimum absolute atomic E-state index is 0.0711. The topological polar surface area (TPSA) is 85.8 Å². The lowest BCUT2D eigenvalue weighted by Gasteiger charge is -2.30. The summed E-state index contributed by atoms with van der Waals surface area (Å²) in [6.45, 7) is 5.77. The molecule has 0 saturated carbocycles. The van der Waals surface area contributed by atoms with Gasteiger partial charge in [0.15, 0.2) is 0 Å². The fourth-order valence-electron chi connectivity index (χ4n) is 2.75. The number of benzene rings is 1.